The van der Waals surface area contributed by atoms with Crippen molar-refractivity contribution >= 4 is 12.2 Å². The Hall–Kier alpha value is -2.82. The molecule has 0 radical (unpaired) electrons. The molecule has 0 aromatic heterocycles. The Balaban J connectivity index is 1.40. The molecule has 2 saturated heterocycles. The molecule has 39 heavy (non-hydrogen) atoms. The smallest absolute Gasteiger partial charge is 0.229 e. The van der Waals surface area contributed by atoms with Gasteiger partial charge in [0, 0.05) is 6.07 Å². The van der Waals surface area contributed by atoms with Crippen molar-refractivity contribution in [1.82, 2.24) is 0 Å². The molecule has 2 aromatic rings. The second-order valence-electron chi connectivity index (χ2n) is 9.29. The largest absolute Gasteiger partial charge is 0.508 e. The summed E-state index contributed by atoms with van der Waals surface area (Å²) in [5.41, 5.74) is 1.23. The van der Waals surface area contributed by atoms with E-state index in [1.807, 2.05) is 0 Å². The zero-order valence-electron chi connectivity index (χ0n) is 20.5. The summed E-state index contributed by atoms with van der Waals surface area (Å²) >= 11 is 0. The molecule has 2 aliphatic rings. The molecule has 4 rings (SSSR count). The van der Waals surface area contributed by atoms with Crippen LogP contribution in [0.25, 0.3) is 12.2 Å². The first-order valence-corrected chi connectivity index (χ1v) is 12.2. The summed E-state index contributed by atoms with van der Waals surface area (Å²) in [4.78, 5) is 0. The van der Waals surface area contributed by atoms with Crippen LogP contribution in [0.15, 0.2) is 42.5 Å². The predicted octanol–water partition coefficient (Wildman–Crippen LogP) is -2.08. The van der Waals surface area contributed by atoms with Crippen LogP contribution in [-0.4, -0.2) is 121 Å². The number of benzene rings is 2. The Morgan fingerprint density at radius 3 is 1.59 bits per heavy atom. The summed E-state index contributed by atoms with van der Waals surface area (Å²) in [5.74, 6) is 0.242. The fourth-order valence-electron chi connectivity index (χ4n) is 4.22. The van der Waals surface area contributed by atoms with Crippen LogP contribution in [0.5, 0.6) is 17.2 Å². The summed E-state index contributed by atoms with van der Waals surface area (Å²) in [6.07, 6.45) is -10.9. The molecule has 13 heteroatoms. The molecule has 0 bridgehead atoms. The highest BCUT2D eigenvalue weighted by molar-refractivity contribution is 5.71. The lowest BCUT2D eigenvalue weighted by Crippen LogP contribution is -2.60. The fourth-order valence-corrected chi connectivity index (χ4v) is 4.22. The highest BCUT2D eigenvalue weighted by Crippen LogP contribution is 2.29. The number of ether oxygens (including phenoxy) is 4. The summed E-state index contributed by atoms with van der Waals surface area (Å²) in [7, 11) is 0. The van der Waals surface area contributed by atoms with E-state index in [0.717, 1.165) is 5.56 Å². The molecule has 2 fully saturated rings. The van der Waals surface area contributed by atoms with Crippen LogP contribution in [0, 0.1) is 0 Å². The standard InChI is InChI=1S/C26H32O13/c27-10-17-19(30)21(32)23(34)25(38-17)36-15-5-3-12(4-6-15)1-2-13-7-14(29)9-16(8-13)37-26-24(35)22(33)20(31)18(11-28)39-26/h1-9,17-35H,10-11H2/b2-1-/t17-,18-,19+,20+,21+,22+,23+,24+,25+,26+/m0/s1. The number of hydrogen-bond donors (Lipinski definition) is 9. The Kier molecular flexibility index (Phi) is 9.40. The third kappa shape index (κ3) is 6.67. The van der Waals surface area contributed by atoms with Crippen molar-refractivity contribution in [2.45, 2.75) is 61.4 Å². The molecule has 0 amide bonds. The van der Waals surface area contributed by atoms with Crippen molar-refractivity contribution in [2.24, 2.45) is 0 Å². The Morgan fingerprint density at radius 2 is 1.08 bits per heavy atom. The highest BCUT2D eigenvalue weighted by Gasteiger charge is 2.45. The lowest BCUT2D eigenvalue weighted by Gasteiger charge is -2.39. The molecule has 0 aliphatic carbocycles. The van der Waals surface area contributed by atoms with E-state index < -0.39 is 74.6 Å². The number of phenols is 1. The van der Waals surface area contributed by atoms with E-state index in [2.05, 4.69) is 0 Å². The van der Waals surface area contributed by atoms with Gasteiger partial charge in [0.05, 0.1) is 13.2 Å². The minimum absolute atomic E-state index is 0.0993. The second-order valence-corrected chi connectivity index (χ2v) is 9.29. The molecule has 13 nitrogen and oxygen atoms in total. The van der Waals surface area contributed by atoms with Crippen molar-refractivity contribution < 1.29 is 64.9 Å². The van der Waals surface area contributed by atoms with Crippen LogP contribution in [0.4, 0.5) is 0 Å². The minimum Gasteiger partial charge on any atom is -0.508 e. The monoisotopic (exact) mass is 552 g/mol. The van der Waals surface area contributed by atoms with Crippen molar-refractivity contribution in [2.75, 3.05) is 13.2 Å². The molecule has 214 valence electrons. The zero-order chi connectivity index (χ0) is 28.3. The normalized spacial score (nSPS) is 35.2. The van der Waals surface area contributed by atoms with Crippen LogP contribution < -0.4 is 9.47 Å². The molecule has 0 unspecified atom stereocenters. The highest BCUT2D eigenvalue weighted by atomic mass is 16.7. The Labute approximate surface area is 222 Å². The van der Waals surface area contributed by atoms with Crippen molar-refractivity contribution in [3.8, 4) is 17.2 Å². The summed E-state index contributed by atoms with van der Waals surface area (Å²) in [5, 5.41) is 88.7. The minimum atomic E-state index is -1.61. The maximum atomic E-state index is 10.2. The number of aliphatic hydroxyl groups is 8. The second kappa shape index (κ2) is 12.6. The SMILES string of the molecule is OC[C@@H]1O[C@@H](Oc2ccc(/C=C\c3cc(O)cc(O[C@@H]4O[C@@H](CO)[C@@H](O)[C@@H](O)[C@H]4O)c3)cc2)[C@H](O)[C@H](O)[C@@H]1O. The van der Waals surface area contributed by atoms with Gasteiger partial charge in [-0.15, -0.1) is 0 Å². The Bertz CT molecular complexity index is 1110. The summed E-state index contributed by atoms with van der Waals surface area (Å²) < 4.78 is 21.8. The maximum Gasteiger partial charge on any atom is 0.229 e. The number of phenolic OH excluding ortho intramolecular Hbond substituents is 1. The van der Waals surface area contributed by atoms with Crippen LogP contribution in [-0.2, 0) is 9.47 Å². The topological polar surface area (TPSA) is 219 Å². The van der Waals surface area contributed by atoms with Gasteiger partial charge >= 0.3 is 0 Å². The molecule has 10 atom stereocenters. The van der Waals surface area contributed by atoms with E-state index >= 15 is 0 Å². The number of aromatic hydroxyl groups is 1. The summed E-state index contributed by atoms with van der Waals surface area (Å²) in [6, 6.07) is 10.8. The van der Waals surface area contributed by atoms with Gasteiger partial charge in [0.2, 0.25) is 12.6 Å². The first-order valence-electron chi connectivity index (χ1n) is 12.2. The van der Waals surface area contributed by atoms with E-state index in [1.54, 1.807) is 36.4 Å². The van der Waals surface area contributed by atoms with E-state index in [4.69, 9.17) is 18.9 Å². The van der Waals surface area contributed by atoms with E-state index in [0.29, 0.717) is 11.3 Å². The average Bonchev–Trinajstić information content (AvgIpc) is 2.93. The van der Waals surface area contributed by atoms with Gasteiger partial charge in [-0.05, 0) is 35.4 Å². The molecule has 0 saturated carbocycles. The van der Waals surface area contributed by atoms with Crippen LogP contribution in [0.2, 0.25) is 0 Å². The van der Waals surface area contributed by atoms with Crippen molar-refractivity contribution in [3.63, 3.8) is 0 Å². The lowest BCUT2D eigenvalue weighted by atomic mass is 9.99. The molecular weight excluding hydrogens is 520 g/mol. The molecule has 2 aromatic carbocycles. The molecular formula is C26H32O13. The van der Waals surface area contributed by atoms with Gasteiger partial charge < -0.3 is 64.9 Å². The van der Waals surface area contributed by atoms with Gasteiger partial charge in [-0.25, -0.2) is 0 Å². The Morgan fingerprint density at radius 1 is 0.590 bits per heavy atom. The van der Waals surface area contributed by atoms with Crippen LogP contribution in [0.3, 0.4) is 0 Å². The van der Waals surface area contributed by atoms with Gasteiger partial charge in [0.25, 0.3) is 0 Å². The van der Waals surface area contributed by atoms with Crippen LogP contribution in [0.1, 0.15) is 11.1 Å². The van der Waals surface area contributed by atoms with Gasteiger partial charge in [0.15, 0.2) is 0 Å². The van der Waals surface area contributed by atoms with Crippen molar-refractivity contribution in [1.29, 1.82) is 0 Å². The third-order valence-corrected chi connectivity index (χ3v) is 6.46. The number of hydrogen-bond acceptors (Lipinski definition) is 13. The van der Waals surface area contributed by atoms with Gasteiger partial charge in [0.1, 0.15) is 66.1 Å². The molecule has 2 aliphatic heterocycles. The summed E-state index contributed by atoms with van der Waals surface area (Å²) in [6.45, 7) is -1.18. The number of aliphatic hydroxyl groups excluding tert-OH is 8. The van der Waals surface area contributed by atoms with E-state index in [-0.39, 0.29) is 11.5 Å². The predicted molar refractivity (Wildman–Crippen MR) is 132 cm³/mol. The molecule has 9 N–H and O–H groups in total. The fraction of sp³-hybridized carbons (Fsp3) is 0.462. The third-order valence-electron chi connectivity index (χ3n) is 6.46. The quantitative estimate of drug-likeness (QED) is 0.161. The average molecular weight is 553 g/mol. The first-order chi connectivity index (χ1) is 18.6. The van der Waals surface area contributed by atoms with E-state index in [1.165, 1.54) is 18.2 Å². The van der Waals surface area contributed by atoms with Gasteiger partial charge in [-0.1, -0.05) is 24.3 Å². The molecule has 0 spiro atoms. The van der Waals surface area contributed by atoms with Crippen LogP contribution >= 0.6 is 0 Å². The zero-order valence-corrected chi connectivity index (χ0v) is 20.5. The molecule has 2 heterocycles. The number of rotatable bonds is 8. The van der Waals surface area contributed by atoms with Gasteiger partial charge in [-0.3, -0.25) is 0 Å². The first kappa shape index (κ1) is 29.2. The lowest BCUT2D eigenvalue weighted by molar-refractivity contribution is -0.277. The van der Waals surface area contributed by atoms with Crippen molar-refractivity contribution in [3.05, 3.63) is 53.6 Å². The van der Waals surface area contributed by atoms with E-state index in [9.17, 15) is 46.0 Å². The van der Waals surface area contributed by atoms with Gasteiger partial charge in [-0.2, -0.15) is 0 Å². The maximum absolute atomic E-state index is 10.2.